The Morgan fingerprint density at radius 1 is 0.700 bits per heavy atom. The third-order valence-electron chi connectivity index (χ3n) is 2.16. The summed E-state index contributed by atoms with van der Waals surface area (Å²) in [6, 6.07) is 0. The second-order valence-electron chi connectivity index (χ2n) is 3.16. The fourth-order valence-electron chi connectivity index (χ4n) is 1.48. The molecule has 0 N–H and O–H groups in total. The van der Waals surface area contributed by atoms with Crippen LogP contribution in [0.3, 0.4) is 0 Å². The normalized spacial score (nSPS) is 23.0. The highest BCUT2D eigenvalue weighted by Crippen LogP contribution is 2.13. The van der Waals surface area contributed by atoms with Crippen molar-refractivity contribution in [2.45, 2.75) is 51.4 Å². The average molecular weight is 140 g/mol. The van der Waals surface area contributed by atoms with Crippen molar-refractivity contribution in [3.63, 3.8) is 0 Å². The third-order valence-corrected chi connectivity index (χ3v) is 2.16. The van der Waals surface area contributed by atoms with Gasteiger partial charge in [-0.2, -0.15) is 0 Å². The molecule has 1 fully saturated rings. The number of carbonyl (C=O) groups excluding carboxylic acids is 1. The molecular weight excluding hydrogens is 124 g/mol. The molecule has 1 heteroatoms. The molecule has 0 atom stereocenters. The molecule has 0 aromatic rings. The minimum absolute atomic E-state index is 0.488. The van der Waals surface area contributed by atoms with E-state index in [0.29, 0.717) is 5.78 Å². The molecule has 1 aliphatic rings. The average Bonchev–Trinajstić information content (AvgIpc) is 2.02. The van der Waals surface area contributed by atoms with Gasteiger partial charge in [0, 0.05) is 12.8 Å². The predicted octanol–water partition coefficient (Wildman–Crippen LogP) is 2.69. The summed E-state index contributed by atoms with van der Waals surface area (Å²) < 4.78 is 0. The SMILES string of the molecule is O=C1CCCCCCCC1. The zero-order chi connectivity index (χ0) is 7.23. The van der Waals surface area contributed by atoms with Crippen LogP contribution >= 0.6 is 0 Å². The lowest BCUT2D eigenvalue weighted by atomic mass is 10.1. The second-order valence-corrected chi connectivity index (χ2v) is 3.16. The van der Waals surface area contributed by atoms with Gasteiger partial charge in [-0.25, -0.2) is 0 Å². The van der Waals surface area contributed by atoms with E-state index in [2.05, 4.69) is 0 Å². The molecule has 0 heterocycles. The number of hydrogen-bond donors (Lipinski definition) is 0. The summed E-state index contributed by atoms with van der Waals surface area (Å²) in [6.07, 6.45) is 9.19. The minimum Gasteiger partial charge on any atom is -0.300 e. The lowest BCUT2D eigenvalue weighted by molar-refractivity contribution is -0.119. The van der Waals surface area contributed by atoms with Crippen LogP contribution in [-0.4, -0.2) is 5.78 Å². The maximum atomic E-state index is 11.0. The zero-order valence-electron chi connectivity index (χ0n) is 6.57. The summed E-state index contributed by atoms with van der Waals surface area (Å²) >= 11 is 0. The van der Waals surface area contributed by atoms with Gasteiger partial charge in [0.1, 0.15) is 5.78 Å². The molecule has 0 spiro atoms. The summed E-state index contributed by atoms with van der Waals surface area (Å²) in [4.78, 5) is 11.0. The van der Waals surface area contributed by atoms with Crippen LogP contribution in [0.2, 0.25) is 0 Å². The van der Waals surface area contributed by atoms with Crippen molar-refractivity contribution in [1.82, 2.24) is 0 Å². The Balaban J connectivity index is 2.21. The fraction of sp³-hybridized carbons (Fsp3) is 0.889. The molecule has 0 radical (unpaired) electrons. The van der Waals surface area contributed by atoms with Gasteiger partial charge in [0.15, 0.2) is 0 Å². The minimum atomic E-state index is 0.488. The van der Waals surface area contributed by atoms with Crippen LogP contribution in [0, 0.1) is 0 Å². The maximum absolute atomic E-state index is 11.0. The quantitative estimate of drug-likeness (QED) is 0.505. The van der Waals surface area contributed by atoms with E-state index in [1.165, 1.54) is 25.7 Å². The lowest BCUT2D eigenvalue weighted by Crippen LogP contribution is -1.95. The molecule has 58 valence electrons. The van der Waals surface area contributed by atoms with Gasteiger partial charge in [0.05, 0.1) is 0 Å². The molecule has 0 aromatic heterocycles. The molecule has 1 nitrogen and oxygen atoms in total. The van der Waals surface area contributed by atoms with Crippen LogP contribution in [0.1, 0.15) is 51.4 Å². The van der Waals surface area contributed by atoms with Crippen LogP contribution in [0.15, 0.2) is 0 Å². The monoisotopic (exact) mass is 140 g/mol. The molecule has 1 aliphatic carbocycles. The highest BCUT2D eigenvalue weighted by atomic mass is 16.1. The van der Waals surface area contributed by atoms with Crippen LogP contribution in [0.4, 0.5) is 0 Å². The van der Waals surface area contributed by atoms with E-state index in [1.807, 2.05) is 0 Å². The Hall–Kier alpha value is -0.330. The summed E-state index contributed by atoms with van der Waals surface area (Å²) in [6.45, 7) is 0. The Morgan fingerprint density at radius 3 is 1.60 bits per heavy atom. The van der Waals surface area contributed by atoms with E-state index in [1.54, 1.807) is 0 Å². The van der Waals surface area contributed by atoms with Crippen molar-refractivity contribution in [1.29, 1.82) is 0 Å². The van der Waals surface area contributed by atoms with E-state index >= 15 is 0 Å². The van der Waals surface area contributed by atoms with Crippen LogP contribution in [0.25, 0.3) is 0 Å². The highest BCUT2D eigenvalue weighted by molar-refractivity contribution is 5.78. The third kappa shape index (κ3) is 3.00. The first-order chi connectivity index (χ1) is 4.89. The van der Waals surface area contributed by atoms with E-state index in [0.717, 1.165) is 25.7 Å². The number of hydrogen-bond acceptors (Lipinski definition) is 1. The topological polar surface area (TPSA) is 17.1 Å². The first kappa shape index (κ1) is 7.77. The number of carbonyl (C=O) groups is 1. The van der Waals surface area contributed by atoms with Gasteiger partial charge in [-0.3, -0.25) is 4.79 Å². The number of Topliss-reactive ketones (excluding diaryl/α,β-unsaturated/α-hetero) is 1. The van der Waals surface area contributed by atoms with Crippen molar-refractivity contribution >= 4 is 5.78 Å². The molecule has 1 saturated carbocycles. The van der Waals surface area contributed by atoms with E-state index in [9.17, 15) is 4.79 Å². The molecule has 0 unspecified atom stereocenters. The summed E-state index contributed by atoms with van der Waals surface area (Å²) in [5, 5.41) is 0. The molecule has 0 saturated heterocycles. The Labute approximate surface area is 62.8 Å². The summed E-state index contributed by atoms with van der Waals surface area (Å²) in [5.41, 5.74) is 0. The van der Waals surface area contributed by atoms with Gasteiger partial charge in [-0.05, 0) is 12.8 Å². The Morgan fingerprint density at radius 2 is 1.10 bits per heavy atom. The first-order valence-corrected chi connectivity index (χ1v) is 4.41. The summed E-state index contributed by atoms with van der Waals surface area (Å²) in [7, 11) is 0. The van der Waals surface area contributed by atoms with Gasteiger partial charge in [0.2, 0.25) is 0 Å². The van der Waals surface area contributed by atoms with Gasteiger partial charge in [0.25, 0.3) is 0 Å². The van der Waals surface area contributed by atoms with Gasteiger partial charge < -0.3 is 0 Å². The number of ketones is 1. The van der Waals surface area contributed by atoms with E-state index < -0.39 is 0 Å². The van der Waals surface area contributed by atoms with Gasteiger partial charge >= 0.3 is 0 Å². The Bertz CT molecular complexity index is 95.3. The lowest BCUT2D eigenvalue weighted by Gasteiger charge is -1.93. The predicted molar refractivity (Wildman–Crippen MR) is 41.9 cm³/mol. The Kier molecular flexibility index (Phi) is 3.48. The van der Waals surface area contributed by atoms with Crippen molar-refractivity contribution in [3.8, 4) is 0 Å². The first-order valence-electron chi connectivity index (χ1n) is 4.41. The van der Waals surface area contributed by atoms with Crippen molar-refractivity contribution in [3.05, 3.63) is 0 Å². The smallest absolute Gasteiger partial charge is 0.132 e. The maximum Gasteiger partial charge on any atom is 0.132 e. The van der Waals surface area contributed by atoms with Crippen molar-refractivity contribution in [2.75, 3.05) is 0 Å². The summed E-state index contributed by atoms with van der Waals surface area (Å²) in [5.74, 6) is 0.488. The van der Waals surface area contributed by atoms with E-state index in [-0.39, 0.29) is 0 Å². The van der Waals surface area contributed by atoms with Gasteiger partial charge in [-0.15, -0.1) is 0 Å². The zero-order valence-corrected chi connectivity index (χ0v) is 6.57. The molecule has 0 bridgehead atoms. The number of rotatable bonds is 0. The molecule has 10 heavy (non-hydrogen) atoms. The molecule has 0 aliphatic heterocycles. The highest BCUT2D eigenvalue weighted by Gasteiger charge is 2.03. The van der Waals surface area contributed by atoms with E-state index in [4.69, 9.17) is 0 Å². The molecule has 1 rings (SSSR count). The van der Waals surface area contributed by atoms with Crippen molar-refractivity contribution in [2.24, 2.45) is 0 Å². The van der Waals surface area contributed by atoms with Crippen molar-refractivity contribution < 1.29 is 4.79 Å². The molecular formula is C9H16O. The van der Waals surface area contributed by atoms with Crippen LogP contribution < -0.4 is 0 Å². The second kappa shape index (κ2) is 4.48. The molecule has 0 amide bonds. The fourth-order valence-corrected chi connectivity index (χ4v) is 1.48. The van der Waals surface area contributed by atoms with Crippen LogP contribution in [0.5, 0.6) is 0 Å². The molecule has 0 aromatic carbocycles. The van der Waals surface area contributed by atoms with Gasteiger partial charge in [-0.1, -0.05) is 25.7 Å². The standard InChI is InChI=1S/C9H16O/c10-9-7-5-3-1-2-4-6-8-9/h1-8H2. The largest absolute Gasteiger partial charge is 0.300 e. The van der Waals surface area contributed by atoms with Crippen LogP contribution in [-0.2, 0) is 4.79 Å².